The smallest absolute Gasteiger partial charge is 0.408 e. The molecule has 0 atom stereocenters. The van der Waals surface area contributed by atoms with Crippen LogP contribution in [0.2, 0.25) is 0 Å². The molecule has 1 rings (SSSR count). The molecule has 0 aliphatic rings. The number of aliphatic imine (C=N–C) groups is 1. The number of carbonyl (C=O) groups is 2. The van der Waals surface area contributed by atoms with Gasteiger partial charge in [0.15, 0.2) is 5.96 Å². The van der Waals surface area contributed by atoms with E-state index >= 15 is 0 Å². The van der Waals surface area contributed by atoms with Gasteiger partial charge in [-0.25, -0.2) is 4.79 Å². The first-order valence-corrected chi connectivity index (χ1v) is 10.9. The minimum Gasteiger partial charge on any atom is -0.497 e. The second-order valence-electron chi connectivity index (χ2n) is 8.52. The summed E-state index contributed by atoms with van der Waals surface area (Å²) < 4.78 is 10.5. The fourth-order valence-electron chi connectivity index (χ4n) is 2.89. The molecule has 0 aliphatic heterocycles. The monoisotopic (exact) mass is 577 g/mol. The van der Waals surface area contributed by atoms with Gasteiger partial charge in [-0.05, 0) is 51.3 Å². The molecule has 188 valence electrons. The Hall–Kier alpha value is -2.24. The van der Waals surface area contributed by atoms with Gasteiger partial charge in [-0.2, -0.15) is 0 Å². The summed E-state index contributed by atoms with van der Waals surface area (Å²) in [5.41, 5.74) is -0.0940. The maximum atomic E-state index is 12.3. The summed E-state index contributed by atoms with van der Waals surface area (Å²) in [6, 6.07) is 7.51. The van der Waals surface area contributed by atoms with E-state index in [0.29, 0.717) is 31.9 Å². The quantitative estimate of drug-likeness (QED) is 0.193. The van der Waals surface area contributed by atoms with E-state index in [2.05, 4.69) is 26.3 Å². The SMILES string of the molecule is CCC(CC)(CNC(=NC)NCC(=O)NCc1ccc(OC)cc1)NC(=O)OC(C)(C)C.I. The molecule has 0 aromatic heterocycles. The van der Waals surface area contributed by atoms with Gasteiger partial charge < -0.3 is 30.7 Å². The minimum absolute atomic E-state index is 0. The number of ether oxygens (including phenoxy) is 2. The van der Waals surface area contributed by atoms with Gasteiger partial charge in [-0.15, -0.1) is 24.0 Å². The lowest BCUT2D eigenvalue weighted by Crippen LogP contribution is -2.57. The number of alkyl carbamates (subject to hydrolysis) is 1. The van der Waals surface area contributed by atoms with E-state index in [-0.39, 0.29) is 36.4 Å². The molecule has 0 bridgehead atoms. The van der Waals surface area contributed by atoms with Gasteiger partial charge in [0.25, 0.3) is 0 Å². The van der Waals surface area contributed by atoms with E-state index in [0.717, 1.165) is 11.3 Å². The maximum absolute atomic E-state index is 12.3. The first-order valence-electron chi connectivity index (χ1n) is 10.9. The molecule has 0 radical (unpaired) electrons. The molecule has 0 aliphatic carbocycles. The molecule has 1 aromatic carbocycles. The van der Waals surface area contributed by atoms with Crippen molar-refractivity contribution in [2.75, 3.05) is 27.2 Å². The standard InChI is InChI=1S/C23H39N5O4.HI/c1-8-23(9-2,28-21(30)32-22(3,4)5)16-27-20(24-6)26-15-19(29)25-14-17-10-12-18(31-7)13-11-17;/h10-13H,8-9,14-16H2,1-7H3,(H,25,29)(H,28,30)(H2,24,26,27);1H. The van der Waals surface area contributed by atoms with Crippen LogP contribution in [0.25, 0.3) is 0 Å². The summed E-state index contributed by atoms with van der Waals surface area (Å²) in [5.74, 6) is 1.09. The number of benzene rings is 1. The zero-order chi connectivity index (χ0) is 24.2. The molecule has 0 spiro atoms. The molecule has 4 N–H and O–H groups in total. The number of methoxy groups -OCH3 is 1. The Balaban J connectivity index is 0.0000102. The van der Waals surface area contributed by atoms with Crippen LogP contribution in [0.5, 0.6) is 5.75 Å². The van der Waals surface area contributed by atoms with E-state index in [4.69, 9.17) is 9.47 Å². The van der Waals surface area contributed by atoms with Crippen LogP contribution in [0.4, 0.5) is 4.79 Å². The third kappa shape index (κ3) is 12.0. The fraction of sp³-hybridized carbons (Fsp3) is 0.609. The summed E-state index contributed by atoms with van der Waals surface area (Å²) in [7, 11) is 3.24. The number of carbonyl (C=O) groups excluding carboxylic acids is 2. The second-order valence-corrected chi connectivity index (χ2v) is 8.52. The van der Waals surface area contributed by atoms with Crippen molar-refractivity contribution >= 4 is 41.9 Å². The van der Waals surface area contributed by atoms with E-state index in [1.807, 2.05) is 58.9 Å². The number of rotatable bonds is 10. The van der Waals surface area contributed by atoms with Crippen molar-refractivity contribution in [3.8, 4) is 5.75 Å². The van der Waals surface area contributed by atoms with Gasteiger partial charge in [-0.3, -0.25) is 9.79 Å². The molecular formula is C23H40IN5O4. The number of nitrogens with one attached hydrogen (secondary N) is 4. The Bertz CT molecular complexity index is 759. The number of hydrogen-bond acceptors (Lipinski definition) is 5. The Morgan fingerprint density at radius 1 is 1.00 bits per heavy atom. The molecule has 2 amide bonds. The number of hydrogen-bond donors (Lipinski definition) is 4. The lowest BCUT2D eigenvalue weighted by atomic mass is 9.93. The lowest BCUT2D eigenvalue weighted by molar-refractivity contribution is -0.120. The van der Waals surface area contributed by atoms with E-state index in [9.17, 15) is 9.59 Å². The Morgan fingerprint density at radius 3 is 2.09 bits per heavy atom. The largest absolute Gasteiger partial charge is 0.497 e. The maximum Gasteiger partial charge on any atom is 0.408 e. The summed E-state index contributed by atoms with van der Waals surface area (Å²) in [6.45, 7) is 10.4. The van der Waals surface area contributed by atoms with Crippen LogP contribution in [-0.2, 0) is 16.1 Å². The summed E-state index contributed by atoms with van der Waals surface area (Å²) >= 11 is 0. The highest BCUT2D eigenvalue weighted by Gasteiger charge is 2.30. The Morgan fingerprint density at radius 2 is 1.61 bits per heavy atom. The van der Waals surface area contributed by atoms with E-state index in [1.54, 1.807) is 14.2 Å². The van der Waals surface area contributed by atoms with Crippen LogP contribution < -0.4 is 26.0 Å². The highest BCUT2D eigenvalue weighted by Crippen LogP contribution is 2.16. The predicted molar refractivity (Wildman–Crippen MR) is 142 cm³/mol. The van der Waals surface area contributed by atoms with Crippen LogP contribution >= 0.6 is 24.0 Å². The molecule has 9 nitrogen and oxygen atoms in total. The van der Waals surface area contributed by atoms with Gasteiger partial charge in [0.1, 0.15) is 11.4 Å². The molecule has 0 unspecified atom stereocenters. The summed E-state index contributed by atoms with van der Waals surface area (Å²) in [5, 5.41) is 12.0. The average Bonchev–Trinajstić information content (AvgIpc) is 2.75. The molecule has 33 heavy (non-hydrogen) atoms. The average molecular weight is 578 g/mol. The molecule has 10 heteroatoms. The van der Waals surface area contributed by atoms with Gasteiger partial charge in [-0.1, -0.05) is 26.0 Å². The number of amides is 2. The third-order valence-corrected chi connectivity index (χ3v) is 5.00. The Kier molecular flexibility index (Phi) is 13.8. The first kappa shape index (κ1) is 30.8. The second kappa shape index (κ2) is 14.8. The van der Waals surface area contributed by atoms with Crippen molar-refractivity contribution in [3.63, 3.8) is 0 Å². The van der Waals surface area contributed by atoms with Crippen LogP contribution in [-0.4, -0.2) is 56.3 Å². The molecular weight excluding hydrogens is 537 g/mol. The molecule has 0 saturated heterocycles. The molecule has 0 heterocycles. The zero-order valence-corrected chi connectivity index (χ0v) is 23.2. The van der Waals surface area contributed by atoms with Crippen LogP contribution in [0.1, 0.15) is 53.0 Å². The molecule has 1 aromatic rings. The predicted octanol–water partition coefficient (Wildman–Crippen LogP) is 3.18. The van der Waals surface area contributed by atoms with Crippen molar-refractivity contribution in [2.45, 2.75) is 65.1 Å². The fourth-order valence-corrected chi connectivity index (χ4v) is 2.89. The topological polar surface area (TPSA) is 113 Å². The van der Waals surface area contributed by atoms with Gasteiger partial charge in [0.2, 0.25) is 5.91 Å². The van der Waals surface area contributed by atoms with Crippen molar-refractivity contribution in [1.29, 1.82) is 0 Å². The van der Waals surface area contributed by atoms with Crippen molar-refractivity contribution < 1.29 is 19.1 Å². The first-order chi connectivity index (χ1) is 15.1. The van der Waals surface area contributed by atoms with E-state index in [1.165, 1.54) is 0 Å². The lowest BCUT2D eigenvalue weighted by Gasteiger charge is -2.34. The summed E-state index contributed by atoms with van der Waals surface area (Å²) in [4.78, 5) is 28.6. The third-order valence-electron chi connectivity index (χ3n) is 5.00. The zero-order valence-electron chi connectivity index (χ0n) is 20.8. The van der Waals surface area contributed by atoms with E-state index < -0.39 is 17.2 Å². The molecule has 0 saturated carbocycles. The van der Waals surface area contributed by atoms with Gasteiger partial charge >= 0.3 is 6.09 Å². The van der Waals surface area contributed by atoms with Gasteiger partial charge in [0, 0.05) is 20.1 Å². The number of nitrogens with zero attached hydrogens (tertiary/aromatic N) is 1. The highest BCUT2D eigenvalue weighted by molar-refractivity contribution is 14.0. The Labute approximate surface area is 214 Å². The highest BCUT2D eigenvalue weighted by atomic mass is 127. The normalized spacial score (nSPS) is 11.7. The van der Waals surface area contributed by atoms with Crippen LogP contribution in [0.15, 0.2) is 29.3 Å². The summed E-state index contributed by atoms with van der Waals surface area (Å²) in [6.07, 6.45) is 0.952. The minimum atomic E-state index is -0.568. The van der Waals surface area contributed by atoms with Crippen molar-refractivity contribution in [1.82, 2.24) is 21.3 Å². The van der Waals surface area contributed by atoms with Crippen LogP contribution in [0.3, 0.4) is 0 Å². The molecule has 0 fully saturated rings. The van der Waals surface area contributed by atoms with Crippen LogP contribution in [0, 0.1) is 0 Å². The van der Waals surface area contributed by atoms with Gasteiger partial charge in [0.05, 0.1) is 19.2 Å². The number of guanidine groups is 1. The van der Waals surface area contributed by atoms with Crippen molar-refractivity contribution in [3.05, 3.63) is 29.8 Å². The van der Waals surface area contributed by atoms with Crippen molar-refractivity contribution in [2.24, 2.45) is 4.99 Å². The number of halogens is 1.